The summed E-state index contributed by atoms with van der Waals surface area (Å²) in [6.45, 7) is 5.28. The van der Waals surface area contributed by atoms with Gasteiger partial charge in [0.2, 0.25) is 5.88 Å². The van der Waals surface area contributed by atoms with Crippen molar-refractivity contribution in [2.75, 3.05) is 26.7 Å². The Morgan fingerprint density at radius 3 is 2.74 bits per heavy atom. The number of amides is 2. The second-order valence-corrected chi connectivity index (χ2v) is 8.81. The lowest BCUT2D eigenvalue weighted by Gasteiger charge is -2.37. The first kappa shape index (κ1) is 26.1. The molecule has 0 saturated carbocycles. The molecule has 0 saturated heterocycles. The van der Waals surface area contributed by atoms with E-state index in [9.17, 15) is 24.2 Å². The maximum absolute atomic E-state index is 14.2. The van der Waals surface area contributed by atoms with Gasteiger partial charge in [0, 0.05) is 31.3 Å². The molecule has 8 nitrogen and oxygen atoms in total. The molecule has 186 valence electrons. The van der Waals surface area contributed by atoms with Crippen LogP contribution < -0.4 is 4.74 Å². The minimum Gasteiger partial charge on any atom is -0.472 e. The molecule has 2 heterocycles. The number of pyridine rings is 1. The molecule has 2 amide bonds. The first-order valence-electron chi connectivity index (χ1n) is 11.4. The lowest BCUT2D eigenvalue weighted by atomic mass is 9.99. The van der Waals surface area contributed by atoms with Gasteiger partial charge in [-0.05, 0) is 32.0 Å². The fraction of sp³-hybridized carbons (Fsp3) is 0.423. The summed E-state index contributed by atoms with van der Waals surface area (Å²) in [5.74, 6) is 3.76. The predicted molar refractivity (Wildman–Crippen MR) is 127 cm³/mol. The maximum atomic E-state index is 14.2. The van der Waals surface area contributed by atoms with Crippen LogP contribution >= 0.6 is 0 Å². The van der Waals surface area contributed by atoms with Crippen LogP contribution in [0.15, 0.2) is 36.5 Å². The number of carbonyl (C=O) groups excluding carboxylic acids is 2. The Bertz CT molecular complexity index is 1140. The van der Waals surface area contributed by atoms with Crippen molar-refractivity contribution in [3.63, 3.8) is 0 Å². The molecule has 0 bridgehead atoms. The van der Waals surface area contributed by atoms with E-state index in [1.165, 1.54) is 36.2 Å². The molecular formula is C26H30FN3O5. The first-order valence-corrected chi connectivity index (χ1v) is 11.4. The molecule has 0 aliphatic carbocycles. The zero-order valence-electron chi connectivity index (χ0n) is 20.2. The zero-order chi connectivity index (χ0) is 25.7. The highest BCUT2D eigenvalue weighted by atomic mass is 19.1. The summed E-state index contributed by atoms with van der Waals surface area (Å²) in [4.78, 5) is 33.5. The van der Waals surface area contributed by atoms with Crippen LogP contribution in [0.4, 0.5) is 4.39 Å². The highest BCUT2D eigenvalue weighted by molar-refractivity contribution is 5.97. The van der Waals surface area contributed by atoms with Crippen LogP contribution in [0.5, 0.6) is 5.88 Å². The van der Waals surface area contributed by atoms with Crippen LogP contribution in [0.2, 0.25) is 0 Å². The van der Waals surface area contributed by atoms with Crippen LogP contribution in [0.3, 0.4) is 0 Å². The van der Waals surface area contributed by atoms with E-state index in [0.29, 0.717) is 5.56 Å². The molecule has 2 N–H and O–H groups in total. The predicted octanol–water partition coefficient (Wildman–Crippen LogP) is 1.95. The fourth-order valence-corrected chi connectivity index (χ4v) is 3.77. The highest BCUT2D eigenvalue weighted by Crippen LogP contribution is 2.27. The monoisotopic (exact) mass is 483 g/mol. The standard InChI is InChI=1S/C26H30FN3O5/c1-16-13-30(17(2)15-31)26(34)21-11-19(10-9-18(3)32)12-28-24(21)35-23(16)14-29(4)25(33)20-7-5-6-8-22(20)27/h5-8,11-12,16-18,23,31-32H,13-15H2,1-4H3/t16-,17+,18+,23-/m1/s1. The summed E-state index contributed by atoms with van der Waals surface area (Å²) in [6.07, 6.45) is 0.0271. The number of halogens is 1. The molecular weight excluding hydrogens is 453 g/mol. The van der Waals surface area contributed by atoms with Crippen LogP contribution in [-0.4, -0.2) is 81.8 Å². The minimum absolute atomic E-state index is 0.0425. The van der Waals surface area contributed by atoms with Gasteiger partial charge >= 0.3 is 0 Å². The molecule has 1 aliphatic heterocycles. The van der Waals surface area contributed by atoms with Crippen molar-refractivity contribution >= 4 is 11.8 Å². The molecule has 0 fully saturated rings. The highest BCUT2D eigenvalue weighted by Gasteiger charge is 2.35. The van der Waals surface area contributed by atoms with Gasteiger partial charge in [-0.15, -0.1) is 0 Å². The van der Waals surface area contributed by atoms with Gasteiger partial charge in [-0.1, -0.05) is 30.9 Å². The molecule has 4 atom stereocenters. The van der Waals surface area contributed by atoms with Gasteiger partial charge < -0.3 is 24.7 Å². The van der Waals surface area contributed by atoms with Crippen molar-refractivity contribution in [1.29, 1.82) is 0 Å². The number of ether oxygens (including phenoxy) is 1. The Morgan fingerprint density at radius 2 is 2.09 bits per heavy atom. The molecule has 0 unspecified atom stereocenters. The van der Waals surface area contributed by atoms with Crippen molar-refractivity contribution in [1.82, 2.24) is 14.8 Å². The van der Waals surface area contributed by atoms with E-state index >= 15 is 0 Å². The number of nitrogens with zero attached hydrogens (tertiary/aromatic N) is 3. The van der Waals surface area contributed by atoms with E-state index in [2.05, 4.69) is 16.8 Å². The van der Waals surface area contributed by atoms with Gasteiger partial charge in [0.15, 0.2) is 0 Å². The smallest absolute Gasteiger partial charge is 0.259 e. The van der Waals surface area contributed by atoms with Gasteiger partial charge in [-0.25, -0.2) is 9.37 Å². The number of carbonyl (C=O) groups is 2. The average molecular weight is 484 g/mol. The normalized spacial score (nSPS) is 19.3. The van der Waals surface area contributed by atoms with Crippen LogP contribution in [0.25, 0.3) is 0 Å². The summed E-state index contributed by atoms with van der Waals surface area (Å²) in [5.41, 5.74) is 0.553. The van der Waals surface area contributed by atoms with Crippen LogP contribution in [0.1, 0.15) is 47.1 Å². The molecule has 1 aromatic carbocycles. The van der Waals surface area contributed by atoms with Gasteiger partial charge in [0.25, 0.3) is 11.8 Å². The van der Waals surface area contributed by atoms with Crippen molar-refractivity contribution in [3.05, 3.63) is 59.0 Å². The summed E-state index contributed by atoms with van der Waals surface area (Å²) < 4.78 is 20.3. The molecule has 1 aromatic heterocycles. The number of likely N-dealkylation sites (N-methyl/N-ethyl adjacent to an activating group) is 1. The number of aromatic nitrogens is 1. The van der Waals surface area contributed by atoms with E-state index in [0.717, 1.165) is 0 Å². The number of aliphatic hydroxyl groups is 2. The number of fused-ring (bicyclic) bond motifs is 1. The lowest BCUT2D eigenvalue weighted by molar-refractivity contribution is 0.0312. The molecule has 0 radical (unpaired) electrons. The van der Waals surface area contributed by atoms with E-state index in [1.807, 2.05) is 6.92 Å². The average Bonchev–Trinajstić information content (AvgIpc) is 2.84. The van der Waals surface area contributed by atoms with E-state index < -0.39 is 30.0 Å². The number of hydrogen-bond donors (Lipinski definition) is 2. The van der Waals surface area contributed by atoms with Gasteiger partial charge in [0.1, 0.15) is 23.6 Å². The molecule has 2 aromatic rings. The van der Waals surface area contributed by atoms with Crippen molar-refractivity contribution < 1.29 is 28.9 Å². The van der Waals surface area contributed by atoms with Crippen LogP contribution in [-0.2, 0) is 0 Å². The third-order valence-corrected chi connectivity index (χ3v) is 5.85. The molecule has 0 spiro atoms. The first-order chi connectivity index (χ1) is 16.6. The third kappa shape index (κ3) is 6.15. The molecule has 9 heteroatoms. The van der Waals surface area contributed by atoms with Gasteiger partial charge in [-0.2, -0.15) is 0 Å². The van der Waals surface area contributed by atoms with E-state index in [1.54, 1.807) is 31.0 Å². The Balaban J connectivity index is 1.96. The Morgan fingerprint density at radius 1 is 1.37 bits per heavy atom. The second-order valence-electron chi connectivity index (χ2n) is 8.81. The van der Waals surface area contributed by atoms with Gasteiger partial charge in [-0.3, -0.25) is 9.59 Å². The number of aliphatic hydroxyl groups excluding tert-OH is 2. The summed E-state index contributed by atoms with van der Waals surface area (Å²) in [5, 5.41) is 19.2. The van der Waals surface area contributed by atoms with Crippen molar-refractivity contribution in [3.8, 4) is 17.7 Å². The second kappa shape index (κ2) is 11.3. The quantitative estimate of drug-likeness (QED) is 0.631. The lowest BCUT2D eigenvalue weighted by Crippen LogP contribution is -2.50. The SMILES string of the molecule is C[C@H](O)C#Cc1cnc2c(c1)C(=O)N([C@@H](C)CO)C[C@@H](C)[C@@H](CN(C)C(=O)c1ccccc1F)O2. The summed E-state index contributed by atoms with van der Waals surface area (Å²) >= 11 is 0. The van der Waals surface area contributed by atoms with E-state index in [-0.39, 0.29) is 48.5 Å². The summed E-state index contributed by atoms with van der Waals surface area (Å²) in [7, 11) is 1.56. The van der Waals surface area contributed by atoms with Crippen molar-refractivity contribution in [2.24, 2.45) is 5.92 Å². The largest absolute Gasteiger partial charge is 0.472 e. The molecule has 3 rings (SSSR count). The van der Waals surface area contributed by atoms with Crippen LogP contribution in [0, 0.1) is 23.6 Å². The maximum Gasteiger partial charge on any atom is 0.259 e. The number of hydrogen-bond acceptors (Lipinski definition) is 6. The Hall–Kier alpha value is -3.48. The third-order valence-electron chi connectivity index (χ3n) is 5.85. The Kier molecular flexibility index (Phi) is 8.43. The Labute approximate surface area is 204 Å². The zero-order valence-corrected chi connectivity index (χ0v) is 20.2. The summed E-state index contributed by atoms with van der Waals surface area (Å²) in [6, 6.07) is 6.83. The number of benzene rings is 1. The van der Waals surface area contributed by atoms with Gasteiger partial charge in [0.05, 0.1) is 24.8 Å². The molecule has 35 heavy (non-hydrogen) atoms. The van der Waals surface area contributed by atoms with Crippen molar-refractivity contribution in [2.45, 2.75) is 39.0 Å². The topological polar surface area (TPSA) is 103 Å². The fourth-order valence-electron chi connectivity index (χ4n) is 3.77. The van der Waals surface area contributed by atoms with E-state index in [4.69, 9.17) is 4.74 Å². The number of rotatable bonds is 5. The molecule has 1 aliphatic rings. The minimum atomic E-state index is -0.845.